The molecule has 0 heterocycles. The molecule has 0 aliphatic heterocycles. The molecule has 0 aromatic carbocycles. The van der Waals surface area contributed by atoms with Crippen LogP contribution in [0, 0.1) is 0 Å². The van der Waals surface area contributed by atoms with Crippen molar-refractivity contribution >= 4 is 5.91 Å². The maximum atomic E-state index is 11.7. The van der Waals surface area contributed by atoms with Gasteiger partial charge in [0.05, 0.1) is 6.54 Å². The van der Waals surface area contributed by atoms with E-state index < -0.39 is 24.7 Å². The molecule has 0 aliphatic carbocycles. The summed E-state index contributed by atoms with van der Waals surface area (Å²) in [5, 5.41) is 10.3. The second kappa shape index (κ2) is 5.03. The van der Waals surface area contributed by atoms with E-state index in [4.69, 9.17) is 10.8 Å². The Morgan fingerprint density at radius 3 is 2.46 bits per heavy atom. The quantitative estimate of drug-likeness (QED) is 0.565. The molecule has 7 heteroatoms. The number of rotatable bonds is 4. The van der Waals surface area contributed by atoms with Gasteiger partial charge in [0.25, 0.3) is 0 Å². The minimum atomic E-state index is -4.70. The highest BCUT2D eigenvalue weighted by molar-refractivity contribution is 5.76. The van der Waals surface area contributed by atoms with E-state index in [-0.39, 0.29) is 13.0 Å². The number of hydrogen-bond donors (Lipinski definition) is 3. The summed E-state index contributed by atoms with van der Waals surface area (Å²) in [4.78, 5) is 10.6. The average molecular weight is 200 g/mol. The topological polar surface area (TPSA) is 75.4 Å². The number of nitrogens with one attached hydrogen (secondary N) is 1. The number of aliphatic hydroxyl groups is 1. The van der Waals surface area contributed by atoms with Gasteiger partial charge >= 0.3 is 6.18 Å². The number of nitrogens with two attached hydrogens (primary N) is 1. The zero-order valence-corrected chi connectivity index (χ0v) is 6.77. The van der Waals surface area contributed by atoms with Gasteiger partial charge < -0.3 is 16.2 Å². The Bertz CT molecular complexity index is 172. The summed E-state index contributed by atoms with van der Waals surface area (Å²) < 4.78 is 35.0. The monoisotopic (exact) mass is 200 g/mol. The van der Waals surface area contributed by atoms with Crippen LogP contribution in [0.25, 0.3) is 0 Å². The van der Waals surface area contributed by atoms with Crippen LogP contribution in [0.2, 0.25) is 0 Å². The Hall–Kier alpha value is -0.820. The van der Waals surface area contributed by atoms with Crippen LogP contribution in [0.15, 0.2) is 0 Å². The second-order valence-electron chi connectivity index (χ2n) is 2.40. The van der Waals surface area contributed by atoms with E-state index in [9.17, 15) is 18.0 Å². The number of aliphatic hydroxyl groups excluding tert-OH is 1. The highest BCUT2D eigenvalue weighted by Crippen LogP contribution is 2.18. The van der Waals surface area contributed by atoms with Crippen LogP contribution < -0.4 is 11.1 Å². The lowest BCUT2D eigenvalue weighted by molar-refractivity contribution is -0.201. The molecule has 1 amide bonds. The largest absolute Gasteiger partial charge is 0.416 e. The first kappa shape index (κ1) is 12.2. The molecule has 0 fully saturated rings. The number of carbonyl (C=O) groups excluding carboxylic acids is 1. The molecule has 1 atom stereocenters. The third-order valence-corrected chi connectivity index (χ3v) is 1.24. The van der Waals surface area contributed by atoms with Gasteiger partial charge in [0.1, 0.15) is 0 Å². The van der Waals surface area contributed by atoms with E-state index in [0.29, 0.717) is 0 Å². The Morgan fingerprint density at radius 1 is 1.54 bits per heavy atom. The normalized spacial score (nSPS) is 13.9. The zero-order chi connectivity index (χ0) is 10.5. The molecule has 0 saturated carbocycles. The SMILES string of the molecule is NCCC(=O)NCC(O)C(F)(F)F. The standard InChI is InChI=1S/C6H11F3N2O2/c7-6(8,9)4(12)3-11-5(13)1-2-10/h4,12H,1-3,10H2,(H,11,13). The molecule has 13 heavy (non-hydrogen) atoms. The molecule has 4 N–H and O–H groups in total. The zero-order valence-electron chi connectivity index (χ0n) is 6.77. The van der Waals surface area contributed by atoms with Gasteiger partial charge in [-0.2, -0.15) is 13.2 Å². The van der Waals surface area contributed by atoms with Crippen molar-refractivity contribution in [2.24, 2.45) is 5.73 Å². The molecule has 0 spiro atoms. The first-order chi connectivity index (χ1) is 5.88. The minimum Gasteiger partial charge on any atom is -0.382 e. The average Bonchev–Trinajstić information content (AvgIpc) is 1.99. The van der Waals surface area contributed by atoms with Gasteiger partial charge in [-0.05, 0) is 0 Å². The van der Waals surface area contributed by atoms with Gasteiger partial charge in [0, 0.05) is 13.0 Å². The van der Waals surface area contributed by atoms with Gasteiger partial charge in [-0.25, -0.2) is 0 Å². The number of halogens is 3. The summed E-state index contributed by atoms with van der Waals surface area (Å²) >= 11 is 0. The number of amides is 1. The molecule has 1 unspecified atom stereocenters. The van der Waals surface area contributed by atoms with Crippen molar-refractivity contribution in [1.82, 2.24) is 5.32 Å². The molecule has 0 aliphatic rings. The van der Waals surface area contributed by atoms with E-state index in [1.54, 1.807) is 0 Å². The van der Waals surface area contributed by atoms with Crippen LogP contribution in [0.5, 0.6) is 0 Å². The minimum absolute atomic E-state index is 0.0510. The Kier molecular flexibility index (Phi) is 4.71. The predicted molar refractivity (Wildman–Crippen MR) is 38.7 cm³/mol. The van der Waals surface area contributed by atoms with Crippen molar-refractivity contribution in [2.45, 2.75) is 18.7 Å². The summed E-state index contributed by atoms with van der Waals surface area (Å²) in [5.74, 6) is -0.606. The van der Waals surface area contributed by atoms with Gasteiger partial charge in [-0.3, -0.25) is 4.79 Å². The third-order valence-electron chi connectivity index (χ3n) is 1.24. The van der Waals surface area contributed by atoms with Crippen LogP contribution in [-0.4, -0.2) is 36.4 Å². The lowest BCUT2D eigenvalue weighted by atomic mass is 10.3. The maximum absolute atomic E-state index is 11.7. The highest BCUT2D eigenvalue weighted by atomic mass is 19.4. The summed E-state index contributed by atoms with van der Waals surface area (Å²) in [6.45, 7) is -0.768. The van der Waals surface area contributed by atoms with Gasteiger partial charge in [0.15, 0.2) is 6.10 Å². The summed E-state index contributed by atoms with van der Waals surface area (Å²) in [6, 6.07) is 0. The molecular weight excluding hydrogens is 189 g/mol. The summed E-state index contributed by atoms with van der Waals surface area (Å²) in [5.41, 5.74) is 4.98. The van der Waals surface area contributed by atoms with Crippen molar-refractivity contribution in [3.05, 3.63) is 0 Å². The van der Waals surface area contributed by atoms with Crippen LogP contribution in [0.3, 0.4) is 0 Å². The second-order valence-corrected chi connectivity index (χ2v) is 2.40. The van der Waals surface area contributed by atoms with Gasteiger partial charge in [-0.1, -0.05) is 0 Å². The van der Waals surface area contributed by atoms with E-state index in [0.717, 1.165) is 0 Å². The molecule has 0 aromatic heterocycles. The fraction of sp³-hybridized carbons (Fsp3) is 0.833. The van der Waals surface area contributed by atoms with E-state index in [1.807, 2.05) is 5.32 Å². The first-order valence-corrected chi connectivity index (χ1v) is 3.59. The molecular formula is C6H11F3N2O2. The fourth-order valence-electron chi connectivity index (χ4n) is 0.546. The van der Waals surface area contributed by atoms with Crippen molar-refractivity contribution in [3.8, 4) is 0 Å². The Morgan fingerprint density at radius 2 is 2.08 bits per heavy atom. The van der Waals surface area contributed by atoms with Gasteiger partial charge in [0.2, 0.25) is 5.91 Å². The van der Waals surface area contributed by atoms with Crippen molar-refractivity contribution in [3.63, 3.8) is 0 Å². The molecule has 0 saturated heterocycles. The highest BCUT2D eigenvalue weighted by Gasteiger charge is 2.38. The fourth-order valence-corrected chi connectivity index (χ4v) is 0.546. The number of alkyl halides is 3. The lowest BCUT2D eigenvalue weighted by Crippen LogP contribution is -2.41. The molecule has 0 radical (unpaired) electrons. The molecule has 78 valence electrons. The smallest absolute Gasteiger partial charge is 0.382 e. The van der Waals surface area contributed by atoms with Crippen LogP contribution in [0.1, 0.15) is 6.42 Å². The predicted octanol–water partition coefficient (Wildman–Crippen LogP) is -0.625. The summed E-state index contributed by atoms with van der Waals surface area (Å²) in [6.07, 6.45) is -7.27. The van der Waals surface area contributed by atoms with E-state index >= 15 is 0 Å². The van der Waals surface area contributed by atoms with Crippen LogP contribution in [0.4, 0.5) is 13.2 Å². The maximum Gasteiger partial charge on any atom is 0.416 e. The van der Waals surface area contributed by atoms with Crippen LogP contribution in [-0.2, 0) is 4.79 Å². The molecule has 0 rings (SSSR count). The third kappa shape index (κ3) is 5.42. The lowest BCUT2D eigenvalue weighted by Gasteiger charge is -2.14. The molecule has 0 bridgehead atoms. The molecule has 4 nitrogen and oxygen atoms in total. The Balaban J connectivity index is 3.70. The van der Waals surface area contributed by atoms with Crippen LogP contribution >= 0.6 is 0 Å². The van der Waals surface area contributed by atoms with Crippen molar-refractivity contribution < 1.29 is 23.1 Å². The summed E-state index contributed by atoms with van der Waals surface area (Å²) in [7, 11) is 0. The van der Waals surface area contributed by atoms with Gasteiger partial charge in [-0.15, -0.1) is 0 Å². The molecule has 0 aromatic rings. The Labute approximate surface area is 72.9 Å². The first-order valence-electron chi connectivity index (χ1n) is 3.59. The van der Waals surface area contributed by atoms with Crippen molar-refractivity contribution in [1.29, 1.82) is 0 Å². The number of carbonyl (C=O) groups is 1. The van der Waals surface area contributed by atoms with Crippen molar-refractivity contribution in [2.75, 3.05) is 13.1 Å². The van der Waals surface area contributed by atoms with E-state index in [1.165, 1.54) is 0 Å². The van der Waals surface area contributed by atoms with E-state index in [2.05, 4.69) is 0 Å². The number of hydrogen-bond acceptors (Lipinski definition) is 3.